The molecule has 0 bridgehead atoms. The number of hydrogen-bond donors (Lipinski definition) is 2. The van der Waals surface area contributed by atoms with E-state index >= 15 is 0 Å². The van der Waals surface area contributed by atoms with E-state index in [4.69, 9.17) is 9.47 Å². The Morgan fingerprint density at radius 3 is 2.61 bits per heavy atom. The van der Waals surface area contributed by atoms with Crippen molar-refractivity contribution in [2.45, 2.75) is 64.1 Å². The monoisotopic (exact) mass is 390 g/mol. The molecule has 1 aliphatic heterocycles. The summed E-state index contributed by atoms with van der Waals surface area (Å²) in [6.07, 6.45) is 7.90. The molecule has 156 valence electrons. The molecule has 1 saturated heterocycles. The molecule has 2 fully saturated rings. The molecular weight excluding hydrogens is 356 g/mol. The Morgan fingerprint density at radius 2 is 1.96 bits per heavy atom. The number of urea groups is 1. The number of morpholine rings is 1. The van der Waals surface area contributed by atoms with Crippen LogP contribution >= 0.6 is 0 Å². The van der Waals surface area contributed by atoms with E-state index in [1.165, 1.54) is 19.3 Å². The summed E-state index contributed by atoms with van der Waals surface area (Å²) in [6.45, 7) is 8.58. The minimum absolute atomic E-state index is 0.0801. The van der Waals surface area contributed by atoms with E-state index in [1.807, 2.05) is 26.0 Å². The molecule has 1 aliphatic carbocycles. The van der Waals surface area contributed by atoms with Crippen LogP contribution in [0.15, 0.2) is 18.3 Å². The van der Waals surface area contributed by atoms with Crippen LogP contribution in [0.4, 0.5) is 4.79 Å². The zero-order valence-electron chi connectivity index (χ0n) is 17.2. The highest BCUT2D eigenvalue weighted by Gasteiger charge is 2.38. The largest absolute Gasteiger partial charge is 0.475 e. The minimum atomic E-state index is -0.124. The Bertz CT molecular complexity index is 609. The lowest BCUT2D eigenvalue weighted by Gasteiger charge is -2.48. The Kier molecular flexibility index (Phi) is 7.50. The molecule has 7 nitrogen and oxygen atoms in total. The van der Waals surface area contributed by atoms with Crippen LogP contribution in [0.3, 0.4) is 0 Å². The van der Waals surface area contributed by atoms with E-state index in [-0.39, 0.29) is 17.7 Å². The number of aromatic nitrogens is 1. The highest BCUT2D eigenvalue weighted by molar-refractivity contribution is 5.73. The Morgan fingerprint density at radius 1 is 1.21 bits per heavy atom. The summed E-state index contributed by atoms with van der Waals surface area (Å²) in [6, 6.07) is 3.65. The maximum absolute atomic E-state index is 12.4. The summed E-state index contributed by atoms with van der Waals surface area (Å²) in [4.78, 5) is 19.2. The molecule has 1 aromatic heterocycles. The van der Waals surface area contributed by atoms with Crippen LogP contribution in [-0.2, 0) is 11.3 Å². The summed E-state index contributed by atoms with van der Waals surface area (Å²) in [5.74, 6) is 0.605. The fraction of sp³-hybridized carbons (Fsp3) is 0.714. The predicted molar refractivity (Wildman–Crippen MR) is 108 cm³/mol. The molecule has 2 aliphatic rings. The summed E-state index contributed by atoms with van der Waals surface area (Å²) < 4.78 is 11.1. The van der Waals surface area contributed by atoms with Gasteiger partial charge < -0.3 is 20.1 Å². The molecule has 2 amide bonds. The normalized spacial score (nSPS) is 20.0. The van der Waals surface area contributed by atoms with Crippen LogP contribution in [0.2, 0.25) is 0 Å². The van der Waals surface area contributed by atoms with Crippen molar-refractivity contribution in [1.82, 2.24) is 20.5 Å². The Labute approximate surface area is 168 Å². The Balaban J connectivity index is 1.48. The third-order valence-electron chi connectivity index (χ3n) is 5.65. The van der Waals surface area contributed by atoms with Crippen LogP contribution in [-0.4, -0.2) is 60.4 Å². The van der Waals surface area contributed by atoms with E-state index in [2.05, 4.69) is 20.5 Å². The van der Waals surface area contributed by atoms with Gasteiger partial charge in [-0.2, -0.15) is 0 Å². The number of ether oxygens (including phenoxy) is 2. The van der Waals surface area contributed by atoms with Gasteiger partial charge in [-0.25, -0.2) is 9.78 Å². The van der Waals surface area contributed by atoms with Gasteiger partial charge in [-0.15, -0.1) is 0 Å². The van der Waals surface area contributed by atoms with Gasteiger partial charge in [0.2, 0.25) is 5.88 Å². The lowest BCUT2D eigenvalue weighted by Crippen LogP contribution is -2.60. The fourth-order valence-electron chi connectivity index (χ4n) is 4.17. The standard InChI is InChI=1S/C21H34N4O3/c1-17(2)28-19-7-6-18(14-22-19)15-23-20(26)24-16-21(8-4-3-5-9-21)25-10-12-27-13-11-25/h6-7,14,17H,3-5,8-13,15-16H2,1-2H3,(H2,23,24,26). The Hall–Kier alpha value is -1.86. The molecular formula is C21H34N4O3. The van der Waals surface area contributed by atoms with Crippen molar-refractivity contribution in [2.75, 3.05) is 32.8 Å². The van der Waals surface area contributed by atoms with Crippen molar-refractivity contribution >= 4 is 6.03 Å². The average molecular weight is 391 g/mol. The summed E-state index contributed by atoms with van der Waals surface area (Å²) in [5, 5.41) is 6.07. The van der Waals surface area contributed by atoms with Gasteiger partial charge in [0.1, 0.15) is 0 Å². The van der Waals surface area contributed by atoms with Gasteiger partial charge in [0.05, 0.1) is 19.3 Å². The van der Waals surface area contributed by atoms with Crippen LogP contribution in [0.1, 0.15) is 51.5 Å². The van der Waals surface area contributed by atoms with Crippen molar-refractivity contribution < 1.29 is 14.3 Å². The smallest absolute Gasteiger partial charge is 0.315 e. The molecule has 0 unspecified atom stereocenters. The summed E-state index contributed by atoms with van der Waals surface area (Å²) in [7, 11) is 0. The van der Waals surface area contributed by atoms with Gasteiger partial charge in [0, 0.05) is 44.0 Å². The van der Waals surface area contributed by atoms with E-state index in [9.17, 15) is 4.79 Å². The highest BCUT2D eigenvalue weighted by Crippen LogP contribution is 2.33. The lowest BCUT2D eigenvalue weighted by molar-refractivity contribution is -0.0357. The molecule has 1 saturated carbocycles. The second-order valence-corrected chi connectivity index (χ2v) is 8.09. The third-order valence-corrected chi connectivity index (χ3v) is 5.65. The number of nitrogens with one attached hydrogen (secondary N) is 2. The molecule has 0 aromatic carbocycles. The van der Waals surface area contributed by atoms with Crippen LogP contribution in [0, 0.1) is 0 Å². The molecule has 0 atom stereocenters. The van der Waals surface area contributed by atoms with Gasteiger partial charge in [0.15, 0.2) is 0 Å². The fourth-order valence-corrected chi connectivity index (χ4v) is 4.17. The van der Waals surface area contributed by atoms with Crippen molar-refractivity contribution in [3.63, 3.8) is 0 Å². The second-order valence-electron chi connectivity index (χ2n) is 8.09. The van der Waals surface area contributed by atoms with E-state index < -0.39 is 0 Å². The minimum Gasteiger partial charge on any atom is -0.475 e. The first-order valence-electron chi connectivity index (χ1n) is 10.5. The number of carbonyl (C=O) groups is 1. The first kappa shape index (κ1) is 20.9. The second kappa shape index (κ2) is 10.1. The number of nitrogens with zero attached hydrogens (tertiary/aromatic N) is 2. The van der Waals surface area contributed by atoms with Crippen molar-refractivity contribution in [2.24, 2.45) is 0 Å². The van der Waals surface area contributed by atoms with Crippen LogP contribution in [0.5, 0.6) is 5.88 Å². The summed E-state index contributed by atoms with van der Waals surface area (Å²) in [5.41, 5.74) is 1.03. The maximum Gasteiger partial charge on any atom is 0.315 e. The first-order chi connectivity index (χ1) is 13.6. The molecule has 2 heterocycles. The third kappa shape index (κ3) is 5.82. The number of hydrogen-bond acceptors (Lipinski definition) is 5. The molecule has 3 rings (SSSR count). The maximum atomic E-state index is 12.4. The average Bonchev–Trinajstić information content (AvgIpc) is 2.73. The SMILES string of the molecule is CC(C)Oc1ccc(CNC(=O)NCC2(N3CCOCC3)CCCCC2)cn1. The number of pyridine rings is 1. The van der Waals surface area contributed by atoms with Gasteiger partial charge in [0.25, 0.3) is 0 Å². The van der Waals surface area contributed by atoms with Gasteiger partial charge in [-0.1, -0.05) is 25.3 Å². The molecule has 0 radical (unpaired) electrons. The van der Waals surface area contributed by atoms with E-state index in [0.717, 1.165) is 44.7 Å². The van der Waals surface area contributed by atoms with Crippen molar-refractivity contribution in [3.05, 3.63) is 23.9 Å². The zero-order valence-corrected chi connectivity index (χ0v) is 17.2. The predicted octanol–water partition coefficient (Wildman–Crippen LogP) is 2.70. The summed E-state index contributed by atoms with van der Waals surface area (Å²) >= 11 is 0. The topological polar surface area (TPSA) is 75.7 Å². The molecule has 1 aromatic rings. The van der Waals surface area contributed by atoms with Gasteiger partial charge >= 0.3 is 6.03 Å². The molecule has 28 heavy (non-hydrogen) atoms. The molecule has 2 N–H and O–H groups in total. The molecule has 0 spiro atoms. The lowest BCUT2D eigenvalue weighted by atomic mass is 9.80. The van der Waals surface area contributed by atoms with Gasteiger partial charge in [-0.3, -0.25) is 4.90 Å². The van der Waals surface area contributed by atoms with E-state index in [1.54, 1.807) is 6.20 Å². The number of rotatable bonds is 7. The van der Waals surface area contributed by atoms with Crippen LogP contribution < -0.4 is 15.4 Å². The van der Waals surface area contributed by atoms with E-state index in [0.29, 0.717) is 19.0 Å². The first-order valence-corrected chi connectivity index (χ1v) is 10.5. The highest BCUT2D eigenvalue weighted by atomic mass is 16.5. The molecule has 7 heteroatoms. The quantitative estimate of drug-likeness (QED) is 0.749. The van der Waals surface area contributed by atoms with Crippen molar-refractivity contribution in [3.8, 4) is 5.88 Å². The zero-order chi connectivity index (χ0) is 19.8. The van der Waals surface area contributed by atoms with Crippen molar-refractivity contribution in [1.29, 1.82) is 0 Å². The number of carbonyl (C=O) groups excluding carboxylic acids is 1. The van der Waals surface area contributed by atoms with Crippen LogP contribution in [0.25, 0.3) is 0 Å². The van der Waals surface area contributed by atoms with Gasteiger partial charge in [-0.05, 0) is 32.3 Å². The number of amides is 2.